The molecule has 3 heteroatoms. The molecule has 1 aromatic rings. The maximum absolute atomic E-state index is 6.02. The summed E-state index contributed by atoms with van der Waals surface area (Å²) in [5.74, 6) is 0.904. The van der Waals surface area contributed by atoms with Gasteiger partial charge in [-0.1, -0.05) is 12.8 Å². The molecule has 2 unspecified atom stereocenters. The predicted molar refractivity (Wildman–Crippen MR) is 66.4 cm³/mol. The number of aromatic nitrogens is 1. The monoisotopic (exact) mass is 217 g/mol. The molecule has 0 spiro atoms. The van der Waals surface area contributed by atoms with E-state index in [4.69, 9.17) is 5.73 Å². The lowest BCUT2D eigenvalue weighted by Gasteiger charge is -2.33. The Labute approximate surface area is 96.7 Å². The summed E-state index contributed by atoms with van der Waals surface area (Å²) in [5.41, 5.74) is 8.04. The number of nitrogens with zero attached hydrogens (tertiary/aromatic N) is 2. The van der Waals surface area contributed by atoms with Crippen LogP contribution in [-0.2, 0) is 0 Å². The molecule has 1 aliphatic carbocycles. The highest BCUT2D eigenvalue weighted by atomic mass is 15.2. The first-order chi connectivity index (χ1) is 7.86. The van der Waals surface area contributed by atoms with Crippen molar-refractivity contribution in [3.63, 3.8) is 0 Å². The summed E-state index contributed by atoms with van der Waals surface area (Å²) in [6, 6.07) is 2.80. The fraction of sp³-hybridized carbons (Fsp3) is 0.615. The van der Waals surface area contributed by atoms with Crippen LogP contribution in [0.2, 0.25) is 0 Å². The molecule has 1 saturated heterocycles. The molecule has 3 nitrogen and oxygen atoms in total. The van der Waals surface area contributed by atoms with Crippen molar-refractivity contribution in [3.8, 4) is 0 Å². The Morgan fingerprint density at radius 1 is 1.25 bits per heavy atom. The zero-order valence-corrected chi connectivity index (χ0v) is 9.60. The fourth-order valence-electron chi connectivity index (χ4n) is 3.37. The number of rotatable bonds is 1. The SMILES string of the molecule is Nc1cnccc1N1CCC2CCCCC21. The van der Waals surface area contributed by atoms with Gasteiger partial charge in [0.15, 0.2) is 0 Å². The molecule has 2 fully saturated rings. The Morgan fingerprint density at radius 2 is 2.12 bits per heavy atom. The summed E-state index contributed by atoms with van der Waals surface area (Å²) < 4.78 is 0. The predicted octanol–water partition coefficient (Wildman–Crippen LogP) is 2.43. The van der Waals surface area contributed by atoms with Crippen LogP contribution in [0.4, 0.5) is 11.4 Å². The van der Waals surface area contributed by atoms with E-state index in [0.717, 1.165) is 17.6 Å². The molecular formula is C13H19N3. The Morgan fingerprint density at radius 3 is 3.00 bits per heavy atom. The van der Waals surface area contributed by atoms with E-state index in [1.165, 1.54) is 44.3 Å². The molecule has 2 atom stereocenters. The molecule has 16 heavy (non-hydrogen) atoms. The van der Waals surface area contributed by atoms with Gasteiger partial charge in [0.05, 0.1) is 17.6 Å². The van der Waals surface area contributed by atoms with Crippen LogP contribution in [0.15, 0.2) is 18.5 Å². The van der Waals surface area contributed by atoms with Crippen molar-refractivity contribution in [2.24, 2.45) is 5.92 Å². The number of fused-ring (bicyclic) bond motifs is 1. The lowest BCUT2D eigenvalue weighted by molar-refractivity contribution is 0.342. The third-order valence-corrected chi connectivity index (χ3v) is 4.15. The minimum Gasteiger partial charge on any atom is -0.396 e. The van der Waals surface area contributed by atoms with E-state index < -0.39 is 0 Å². The van der Waals surface area contributed by atoms with Crippen molar-refractivity contribution in [2.45, 2.75) is 38.1 Å². The quantitative estimate of drug-likeness (QED) is 0.785. The molecule has 1 aromatic heterocycles. The summed E-state index contributed by atoms with van der Waals surface area (Å²) in [5, 5.41) is 0. The first kappa shape index (κ1) is 9.94. The van der Waals surface area contributed by atoms with Crippen LogP contribution in [-0.4, -0.2) is 17.6 Å². The summed E-state index contributed by atoms with van der Waals surface area (Å²) in [4.78, 5) is 6.58. The van der Waals surface area contributed by atoms with Crippen LogP contribution >= 0.6 is 0 Å². The van der Waals surface area contributed by atoms with Crippen molar-refractivity contribution in [3.05, 3.63) is 18.5 Å². The zero-order chi connectivity index (χ0) is 11.0. The van der Waals surface area contributed by atoms with E-state index in [0.29, 0.717) is 0 Å². The van der Waals surface area contributed by atoms with Gasteiger partial charge in [-0.25, -0.2) is 0 Å². The Bertz CT molecular complexity index is 377. The number of nitrogens with two attached hydrogens (primary N) is 1. The minimum atomic E-state index is 0.735. The van der Waals surface area contributed by atoms with Crippen LogP contribution < -0.4 is 10.6 Å². The first-order valence-electron chi connectivity index (χ1n) is 6.32. The van der Waals surface area contributed by atoms with Crippen LogP contribution in [0.5, 0.6) is 0 Å². The lowest BCUT2D eigenvalue weighted by atomic mass is 9.85. The highest BCUT2D eigenvalue weighted by Crippen LogP contribution is 2.40. The number of pyridine rings is 1. The molecule has 3 rings (SSSR count). The lowest BCUT2D eigenvalue weighted by Crippen LogP contribution is -2.35. The normalized spacial score (nSPS) is 29.1. The third kappa shape index (κ3) is 1.55. The average molecular weight is 217 g/mol. The molecule has 1 aliphatic heterocycles. The Kier molecular flexibility index (Phi) is 2.46. The van der Waals surface area contributed by atoms with E-state index in [2.05, 4.69) is 16.0 Å². The summed E-state index contributed by atoms with van der Waals surface area (Å²) in [6.07, 6.45) is 10.5. The number of nitrogen functional groups attached to an aromatic ring is 1. The molecule has 1 saturated carbocycles. The van der Waals surface area contributed by atoms with E-state index >= 15 is 0 Å². The van der Waals surface area contributed by atoms with Gasteiger partial charge in [0.2, 0.25) is 0 Å². The van der Waals surface area contributed by atoms with E-state index in [1.807, 2.05) is 6.20 Å². The van der Waals surface area contributed by atoms with Crippen molar-refractivity contribution in [2.75, 3.05) is 17.2 Å². The summed E-state index contributed by atoms with van der Waals surface area (Å²) >= 11 is 0. The van der Waals surface area contributed by atoms with Gasteiger partial charge >= 0.3 is 0 Å². The summed E-state index contributed by atoms with van der Waals surface area (Å²) in [7, 11) is 0. The maximum Gasteiger partial charge on any atom is 0.0738 e. The molecular weight excluding hydrogens is 198 g/mol. The standard InChI is InChI=1S/C13H19N3/c14-11-9-15-7-5-13(11)16-8-6-10-3-1-2-4-12(10)16/h5,7,9-10,12H,1-4,6,8,14H2. The molecule has 0 radical (unpaired) electrons. The van der Waals surface area contributed by atoms with Crippen molar-refractivity contribution in [1.82, 2.24) is 4.98 Å². The largest absolute Gasteiger partial charge is 0.396 e. The Balaban J connectivity index is 1.88. The van der Waals surface area contributed by atoms with E-state index in [9.17, 15) is 0 Å². The van der Waals surface area contributed by atoms with Gasteiger partial charge in [-0.2, -0.15) is 0 Å². The molecule has 2 aliphatic rings. The number of hydrogen-bond donors (Lipinski definition) is 1. The smallest absolute Gasteiger partial charge is 0.0738 e. The second kappa shape index (κ2) is 3.96. The van der Waals surface area contributed by atoms with Crippen LogP contribution in [0, 0.1) is 5.92 Å². The summed E-state index contributed by atoms with van der Waals surface area (Å²) in [6.45, 7) is 1.17. The van der Waals surface area contributed by atoms with E-state index in [-0.39, 0.29) is 0 Å². The fourth-order valence-corrected chi connectivity index (χ4v) is 3.37. The zero-order valence-electron chi connectivity index (χ0n) is 9.60. The van der Waals surface area contributed by atoms with Gasteiger partial charge < -0.3 is 10.6 Å². The molecule has 0 bridgehead atoms. The topological polar surface area (TPSA) is 42.1 Å². The van der Waals surface area contributed by atoms with Crippen LogP contribution in [0.1, 0.15) is 32.1 Å². The van der Waals surface area contributed by atoms with Gasteiger partial charge in [0, 0.05) is 18.8 Å². The average Bonchev–Trinajstić information content (AvgIpc) is 2.74. The Hall–Kier alpha value is -1.25. The van der Waals surface area contributed by atoms with Gasteiger partial charge in [-0.05, 0) is 31.2 Å². The molecule has 0 aromatic carbocycles. The van der Waals surface area contributed by atoms with Crippen molar-refractivity contribution < 1.29 is 0 Å². The molecule has 86 valence electrons. The highest BCUT2D eigenvalue weighted by molar-refractivity contribution is 5.67. The molecule has 2 heterocycles. The number of hydrogen-bond acceptors (Lipinski definition) is 3. The van der Waals surface area contributed by atoms with Crippen LogP contribution in [0.3, 0.4) is 0 Å². The van der Waals surface area contributed by atoms with E-state index in [1.54, 1.807) is 6.20 Å². The van der Waals surface area contributed by atoms with Gasteiger partial charge in [-0.15, -0.1) is 0 Å². The maximum atomic E-state index is 6.02. The molecule has 0 amide bonds. The molecule has 2 N–H and O–H groups in total. The van der Waals surface area contributed by atoms with Gasteiger partial charge in [0.25, 0.3) is 0 Å². The highest BCUT2D eigenvalue weighted by Gasteiger charge is 2.36. The number of anilines is 2. The van der Waals surface area contributed by atoms with Crippen molar-refractivity contribution >= 4 is 11.4 Å². The second-order valence-corrected chi connectivity index (χ2v) is 5.03. The second-order valence-electron chi connectivity index (χ2n) is 5.03. The first-order valence-corrected chi connectivity index (χ1v) is 6.32. The van der Waals surface area contributed by atoms with Crippen LogP contribution in [0.25, 0.3) is 0 Å². The van der Waals surface area contributed by atoms with Gasteiger partial charge in [-0.3, -0.25) is 4.98 Å². The third-order valence-electron chi connectivity index (χ3n) is 4.15. The van der Waals surface area contributed by atoms with Crippen molar-refractivity contribution in [1.29, 1.82) is 0 Å². The van der Waals surface area contributed by atoms with Gasteiger partial charge in [0.1, 0.15) is 0 Å². The minimum absolute atomic E-state index is 0.735.